The van der Waals surface area contributed by atoms with Gasteiger partial charge in [0.2, 0.25) is 5.91 Å². The molecule has 0 radical (unpaired) electrons. The molecule has 114 valence electrons. The van der Waals surface area contributed by atoms with E-state index in [1.807, 2.05) is 6.92 Å². The monoisotopic (exact) mass is 291 g/mol. The number of carboxylic acid groups (broad SMARTS) is 1. The van der Waals surface area contributed by atoms with Gasteiger partial charge < -0.3 is 14.6 Å². The van der Waals surface area contributed by atoms with E-state index in [-0.39, 0.29) is 19.0 Å². The van der Waals surface area contributed by atoms with Gasteiger partial charge in [0.15, 0.2) is 0 Å². The van der Waals surface area contributed by atoms with Gasteiger partial charge in [-0.1, -0.05) is 6.08 Å². The second kappa shape index (κ2) is 6.11. The summed E-state index contributed by atoms with van der Waals surface area (Å²) in [7, 11) is 0. The van der Waals surface area contributed by atoms with E-state index in [1.165, 1.54) is 0 Å². The van der Waals surface area contributed by atoms with Crippen molar-refractivity contribution < 1.29 is 14.7 Å². The van der Waals surface area contributed by atoms with E-state index in [9.17, 15) is 14.7 Å². The zero-order chi connectivity index (χ0) is 15.5. The maximum atomic E-state index is 12.4. The molecule has 1 aliphatic heterocycles. The van der Waals surface area contributed by atoms with Crippen molar-refractivity contribution in [2.24, 2.45) is 5.41 Å². The molecule has 1 aliphatic rings. The SMILES string of the molecule is C=CC[C@@]1(C(=O)O)CCCN(C(=O)Cn2ccnc2C)C1. The van der Waals surface area contributed by atoms with Crippen molar-refractivity contribution in [3.8, 4) is 0 Å². The Morgan fingerprint density at radius 3 is 2.90 bits per heavy atom. The highest BCUT2D eigenvalue weighted by atomic mass is 16.4. The summed E-state index contributed by atoms with van der Waals surface area (Å²) < 4.78 is 1.77. The predicted octanol–water partition coefficient (Wildman–Crippen LogP) is 1.46. The smallest absolute Gasteiger partial charge is 0.311 e. The Balaban J connectivity index is 2.09. The lowest BCUT2D eigenvalue weighted by Crippen LogP contribution is -2.50. The fraction of sp³-hybridized carbons (Fsp3) is 0.533. The van der Waals surface area contributed by atoms with E-state index in [2.05, 4.69) is 11.6 Å². The van der Waals surface area contributed by atoms with Crippen LogP contribution in [0, 0.1) is 12.3 Å². The highest BCUT2D eigenvalue weighted by Crippen LogP contribution is 2.34. The van der Waals surface area contributed by atoms with E-state index in [1.54, 1.807) is 27.9 Å². The van der Waals surface area contributed by atoms with Crippen LogP contribution in [0.2, 0.25) is 0 Å². The summed E-state index contributed by atoms with van der Waals surface area (Å²) in [4.78, 5) is 29.7. The Bertz CT molecular complexity index is 552. The molecule has 2 heterocycles. The van der Waals surface area contributed by atoms with Crippen LogP contribution in [-0.2, 0) is 16.1 Å². The van der Waals surface area contributed by atoms with Crippen LogP contribution in [0.3, 0.4) is 0 Å². The standard InChI is InChI=1S/C15H21N3O3/c1-3-5-15(14(20)21)6-4-8-18(11-15)13(19)10-17-9-7-16-12(17)2/h3,7,9H,1,4-6,8,10-11H2,2H3,(H,20,21)/t15-/m1/s1. The molecule has 0 bridgehead atoms. The van der Waals surface area contributed by atoms with Gasteiger partial charge in [0.25, 0.3) is 0 Å². The number of aryl methyl sites for hydroxylation is 1. The summed E-state index contributed by atoms with van der Waals surface area (Å²) in [6.07, 6.45) is 6.71. The number of hydrogen-bond acceptors (Lipinski definition) is 3. The van der Waals surface area contributed by atoms with Crippen molar-refractivity contribution in [3.05, 3.63) is 30.9 Å². The van der Waals surface area contributed by atoms with Crippen LogP contribution in [0.4, 0.5) is 0 Å². The number of likely N-dealkylation sites (tertiary alicyclic amines) is 1. The quantitative estimate of drug-likeness (QED) is 0.833. The van der Waals surface area contributed by atoms with E-state index >= 15 is 0 Å². The van der Waals surface area contributed by atoms with Gasteiger partial charge in [0.1, 0.15) is 12.4 Å². The van der Waals surface area contributed by atoms with Crippen LogP contribution in [0.5, 0.6) is 0 Å². The van der Waals surface area contributed by atoms with Crippen LogP contribution in [0.1, 0.15) is 25.1 Å². The third-order valence-corrected chi connectivity index (χ3v) is 4.15. The van der Waals surface area contributed by atoms with Crippen LogP contribution in [-0.4, -0.2) is 44.5 Å². The third-order valence-electron chi connectivity index (χ3n) is 4.15. The molecule has 6 nitrogen and oxygen atoms in total. The molecular formula is C15H21N3O3. The second-order valence-electron chi connectivity index (χ2n) is 5.60. The van der Waals surface area contributed by atoms with Gasteiger partial charge >= 0.3 is 5.97 Å². The minimum Gasteiger partial charge on any atom is -0.481 e. The van der Waals surface area contributed by atoms with Crippen molar-refractivity contribution in [2.75, 3.05) is 13.1 Å². The van der Waals surface area contributed by atoms with E-state index < -0.39 is 11.4 Å². The lowest BCUT2D eigenvalue weighted by atomic mass is 9.77. The first-order valence-electron chi connectivity index (χ1n) is 7.08. The molecule has 0 unspecified atom stereocenters. The fourth-order valence-electron chi connectivity index (χ4n) is 2.87. The number of carboxylic acids is 1. The minimum atomic E-state index is -0.889. The number of piperidine rings is 1. The summed E-state index contributed by atoms with van der Waals surface area (Å²) in [6.45, 7) is 6.55. The normalized spacial score (nSPS) is 22.0. The molecule has 1 fully saturated rings. The molecule has 0 aliphatic carbocycles. The van der Waals surface area contributed by atoms with Crippen molar-refractivity contribution in [1.82, 2.24) is 14.5 Å². The molecule has 21 heavy (non-hydrogen) atoms. The molecule has 1 aromatic heterocycles. The van der Waals surface area contributed by atoms with Gasteiger partial charge in [-0.25, -0.2) is 4.98 Å². The Morgan fingerprint density at radius 1 is 1.57 bits per heavy atom. The molecule has 2 rings (SSSR count). The number of aromatic nitrogens is 2. The molecule has 0 aromatic carbocycles. The maximum absolute atomic E-state index is 12.4. The van der Waals surface area contributed by atoms with Gasteiger partial charge in [0, 0.05) is 25.5 Å². The number of amides is 1. The Kier molecular flexibility index (Phi) is 4.45. The summed E-state index contributed by atoms with van der Waals surface area (Å²) in [5.41, 5.74) is -0.889. The van der Waals surface area contributed by atoms with E-state index in [4.69, 9.17) is 0 Å². The highest BCUT2D eigenvalue weighted by Gasteiger charge is 2.42. The average Bonchev–Trinajstić information content (AvgIpc) is 2.84. The number of aliphatic carboxylic acids is 1. The lowest BCUT2D eigenvalue weighted by molar-refractivity contribution is -0.154. The maximum Gasteiger partial charge on any atom is 0.311 e. The average molecular weight is 291 g/mol. The van der Waals surface area contributed by atoms with Gasteiger partial charge in [-0.2, -0.15) is 0 Å². The molecule has 0 saturated carbocycles. The molecule has 6 heteroatoms. The lowest BCUT2D eigenvalue weighted by Gasteiger charge is -2.39. The fourth-order valence-corrected chi connectivity index (χ4v) is 2.87. The summed E-state index contributed by atoms with van der Waals surface area (Å²) in [5, 5.41) is 9.52. The number of carbonyl (C=O) groups excluding carboxylic acids is 1. The zero-order valence-electron chi connectivity index (χ0n) is 12.3. The van der Waals surface area contributed by atoms with Gasteiger partial charge in [-0.05, 0) is 26.2 Å². The van der Waals surface area contributed by atoms with E-state index in [0.29, 0.717) is 25.8 Å². The van der Waals surface area contributed by atoms with Crippen LogP contribution in [0.15, 0.2) is 25.0 Å². The summed E-state index contributed by atoms with van der Waals surface area (Å²) in [5.74, 6) is -0.139. The molecule has 1 aromatic rings. The molecule has 1 atom stereocenters. The summed E-state index contributed by atoms with van der Waals surface area (Å²) >= 11 is 0. The predicted molar refractivity (Wildman–Crippen MR) is 77.7 cm³/mol. The van der Waals surface area contributed by atoms with Crippen LogP contribution < -0.4 is 0 Å². The molecular weight excluding hydrogens is 270 g/mol. The summed E-state index contributed by atoms with van der Waals surface area (Å²) in [6, 6.07) is 0. The van der Waals surface area contributed by atoms with Crippen LogP contribution in [0.25, 0.3) is 0 Å². The molecule has 1 saturated heterocycles. The number of imidazole rings is 1. The van der Waals surface area contributed by atoms with Gasteiger partial charge in [0.05, 0.1) is 5.41 Å². The first kappa shape index (κ1) is 15.3. The van der Waals surface area contributed by atoms with Crippen molar-refractivity contribution in [1.29, 1.82) is 0 Å². The second-order valence-corrected chi connectivity index (χ2v) is 5.60. The molecule has 1 amide bonds. The largest absolute Gasteiger partial charge is 0.481 e. The van der Waals surface area contributed by atoms with Crippen molar-refractivity contribution >= 4 is 11.9 Å². The Labute approximate surface area is 124 Å². The van der Waals surface area contributed by atoms with Gasteiger partial charge in [-0.15, -0.1) is 6.58 Å². The Morgan fingerprint density at radius 2 is 2.33 bits per heavy atom. The van der Waals surface area contributed by atoms with Crippen molar-refractivity contribution in [2.45, 2.75) is 32.7 Å². The first-order chi connectivity index (χ1) is 9.98. The zero-order valence-corrected chi connectivity index (χ0v) is 12.3. The Hall–Kier alpha value is -2.11. The van der Waals surface area contributed by atoms with Crippen LogP contribution >= 0.6 is 0 Å². The number of carbonyl (C=O) groups is 2. The topological polar surface area (TPSA) is 75.4 Å². The number of rotatable bonds is 5. The number of allylic oxidation sites excluding steroid dienone is 1. The number of nitrogens with zero attached hydrogens (tertiary/aromatic N) is 3. The third kappa shape index (κ3) is 3.15. The molecule has 1 N–H and O–H groups in total. The highest BCUT2D eigenvalue weighted by molar-refractivity contribution is 5.79. The first-order valence-corrected chi connectivity index (χ1v) is 7.08. The number of hydrogen-bond donors (Lipinski definition) is 1. The minimum absolute atomic E-state index is 0.0644. The van der Waals surface area contributed by atoms with Gasteiger partial charge in [-0.3, -0.25) is 9.59 Å². The van der Waals surface area contributed by atoms with Crippen molar-refractivity contribution in [3.63, 3.8) is 0 Å². The molecule has 0 spiro atoms. The van der Waals surface area contributed by atoms with E-state index in [0.717, 1.165) is 5.82 Å².